The first-order valence-corrected chi connectivity index (χ1v) is 8.34. The molecule has 1 amide bonds. The van der Waals surface area contributed by atoms with Crippen LogP contribution in [-0.4, -0.2) is 27.6 Å². The number of carbonyl (C=O) groups is 1. The highest BCUT2D eigenvalue weighted by molar-refractivity contribution is 7.99. The third-order valence-electron chi connectivity index (χ3n) is 3.58. The van der Waals surface area contributed by atoms with E-state index in [9.17, 15) is 10.1 Å². The molecule has 0 fully saturated rings. The summed E-state index contributed by atoms with van der Waals surface area (Å²) in [5.41, 5.74) is 3.87. The van der Waals surface area contributed by atoms with E-state index in [0.717, 1.165) is 21.6 Å². The zero-order valence-corrected chi connectivity index (χ0v) is 13.8. The van der Waals surface area contributed by atoms with Gasteiger partial charge in [-0.2, -0.15) is 5.26 Å². The van der Waals surface area contributed by atoms with Crippen molar-refractivity contribution in [1.82, 2.24) is 14.7 Å². The fourth-order valence-electron chi connectivity index (χ4n) is 2.55. The third kappa shape index (κ3) is 2.76. The SMILES string of the molecule is CCNC(=O)CSc1cc(C)c(C#N)c2nc3ccccc3n12. The fourth-order valence-corrected chi connectivity index (χ4v) is 3.50. The van der Waals surface area contributed by atoms with Crippen molar-refractivity contribution in [3.05, 3.63) is 41.5 Å². The van der Waals surface area contributed by atoms with Gasteiger partial charge in [-0.05, 0) is 37.6 Å². The number of aryl methyl sites for hydroxylation is 1. The van der Waals surface area contributed by atoms with Gasteiger partial charge in [0.05, 0.1) is 27.4 Å². The summed E-state index contributed by atoms with van der Waals surface area (Å²) in [6.07, 6.45) is 0. The first-order chi connectivity index (χ1) is 11.2. The largest absolute Gasteiger partial charge is 0.356 e. The summed E-state index contributed by atoms with van der Waals surface area (Å²) in [4.78, 5) is 16.4. The van der Waals surface area contributed by atoms with Gasteiger partial charge in [-0.15, -0.1) is 0 Å². The Morgan fingerprint density at radius 3 is 2.96 bits per heavy atom. The average molecular weight is 324 g/mol. The molecule has 0 aliphatic rings. The number of para-hydroxylation sites is 2. The van der Waals surface area contributed by atoms with Gasteiger partial charge >= 0.3 is 0 Å². The Morgan fingerprint density at radius 2 is 2.22 bits per heavy atom. The van der Waals surface area contributed by atoms with Crippen LogP contribution in [0.5, 0.6) is 0 Å². The van der Waals surface area contributed by atoms with E-state index >= 15 is 0 Å². The van der Waals surface area contributed by atoms with Gasteiger partial charge in [-0.3, -0.25) is 9.20 Å². The molecule has 1 aromatic carbocycles. The van der Waals surface area contributed by atoms with Gasteiger partial charge in [-0.25, -0.2) is 4.98 Å². The van der Waals surface area contributed by atoms with E-state index in [1.165, 1.54) is 11.8 Å². The monoisotopic (exact) mass is 324 g/mol. The summed E-state index contributed by atoms with van der Waals surface area (Å²) in [6.45, 7) is 4.42. The second-order valence-corrected chi connectivity index (χ2v) is 6.15. The molecule has 2 heterocycles. The van der Waals surface area contributed by atoms with Crippen molar-refractivity contribution in [1.29, 1.82) is 5.26 Å². The number of hydrogen-bond donors (Lipinski definition) is 1. The number of nitrogens with one attached hydrogen (secondary N) is 1. The molecule has 0 saturated heterocycles. The van der Waals surface area contributed by atoms with Crippen molar-refractivity contribution in [3.8, 4) is 6.07 Å². The predicted octanol–water partition coefficient (Wildman–Crippen LogP) is 2.90. The fraction of sp³-hybridized carbons (Fsp3) is 0.235. The minimum Gasteiger partial charge on any atom is -0.356 e. The number of pyridine rings is 1. The smallest absolute Gasteiger partial charge is 0.230 e. The Kier molecular flexibility index (Phi) is 4.22. The first-order valence-electron chi connectivity index (χ1n) is 7.36. The number of nitriles is 1. The number of fused-ring (bicyclic) bond motifs is 3. The van der Waals surface area contributed by atoms with Crippen LogP contribution in [0.4, 0.5) is 0 Å². The van der Waals surface area contributed by atoms with Crippen LogP contribution in [0.25, 0.3) is 16.7 Å². The summed E-state index contributed by atoms with van der Waals surface area (Å²) in [6, 6.07) is 12.0. The summed E-state index contributed by atoms with van der Waals surface area (Å²) in [7, 11) is 0. The second kappa shape index (κ2) is 6.31. The number of hydrogen-bond acceptors (Lipinski definition) is 4. The van der Waals surface area contributed by atoms with E-state index < -0.39 is 0 Å². The van der Waals surface area contributed by atoms with E-state index in [1.807, 2.05) is 48.6 Å². The van der Waals surface area contributed by atoms with Gasteiger partial charge in [0.2, 0.25) is 5.91 Å². The molecule has 6 heteroatoms. The van der Waals surface area contributed by atoms with Crippen LogP contribution in [0.15, 0.2) is 35.4 Å². The number of benzene rings is 1. The minimum absolute atomic E-state index is 0.00270. The maximum Gasteiger partial charge on any atom is 0.230 e. The number of nitrogens with zero attached hydrogens (tertiary/aromatic N) is 3. The molecule has 23 heavy (non-hydrogen) atoms. The van der Waals surface area contributed by atoms with Gasteiger partial charge in [0.15, 0.2) is 5.65 Å². The maximum atomic E-state index is 11.8. The molecular weight excluding hydrogens is 308 g/mol. The topological polar surface area (TPSA) is 70.2 Å². The van der Waals surface area contributed by atoms with Crippen molar-refractivity contribution in [2.24, 2.45) is 0 Å². The van der Waals surface area contributed by atoms with E-state index in [4.69, 9.17) is 0 Å². The van der Waals surface area contributed by atoms with Crippen molar-refractivity contribution in [2.75, 3.05) is 12.3 Å². The lowest BCUT2D eigenvalue weighted by Gasteiger charge is -2.09. The Morgan fingerprint density at radius 1 is 1.43 bits per heavy atom. The molecule has 3 rings (SSSR count). The van der Waals surface area contributed by atoms with Crippen LogP contribution in [0.3, 0.4) is 0 Å². The van der Waals surface area contributed by atoms with E-state index in [-0.39, 0.29) is 5.91 Å². The molecule has 1 N–H and O–H groups in total. The second-order valence-electron chi connectivity index (χ2n) is 5.15. The van der Waals surface area contributed by atoms with Crippen LogP contribution in [-0.2, 0) is 4.79 Å². The molecule has 0 unspecified atom stereocenters. The zero-order valence-electron chi connectivity index (χ0n) is 13.0. The van der Waals surface area contributed by atoms with Crippen molar-refractivity contribution < 1.29 is 4.79 Å². The van der Waals surface area contributed by atoms with Gasteiger partial charge in [0.25, 0.3) is 0 Å². The summed E-state index contributed by atoms with van der Waals surface area (Å²) >= 11 is 1.45. The number of rotatable bonds is 4. The number of aromatic nitrogens is 2. The molecule has 3 aromatic rings. The Labute approximate surface area is 138 Å². The number of amides is 1. The van der Waals surface area contributed by atoms with Crippen LogP contribution < -0.4 is 5.32 Å². The maximum absolute atomic E-state index is 11.8. The number of imidazole rings is 1. The predicted molar refractivity (Wildman–Crippen MR) is 91.6 cm³/mol. The highest BCUT2D eigenvalue weighted by Crippen LogP contribution is 2.29. The molecule has 5 nitrogen and oxygen atoms in total. The van der Waals surface area contributed by atoms with E-state index in [0.29, 0.717) is 23.5 Å². The molecule has 0 aliphatic carbocycles. The number of carbonyl (C=O) groups excluding carboxylic acids is 1. The number of thioether (sulfide) groups is 1. The molecular formula is C17H16N4OS. The van der Waals surface area contributed by atoms with Crippen LogP contribution in [0.2, 0.25) is 0 Å². The lowest BCUT2D eigenvalue weighted by molar-refractivity contribution is -0.118. The van der Waals surface area contributed by atoms with Gasteiger partial charge in [0.1, 0.15) is 6.07 Å². The first kappa shape index (κ1) is 15.4. The van der Waals surface area contributed by atoms with Crippen molar-refractivity contribution in [2.45, 2.75) is 18.9 Å². The quantitative estimate of drug-likeness (QED) is 0.749. The molecule has 0 atom stereocenters. The van der Waals surface area contributed by atoms with Crippen LogP contribution >= 0.6 is 11.8 Å². The van der Waals surface area contributed by atoms with Gasteiger partial charge in [0, 0.05) is 6.54 Å². The highest BCUT2D eigenvalue weighted by Gasteiger charge is 2.15. The van der Waals surface area contributed by atoms with E-state index in [1.54, 1.807) is 0 Å². The lowest BCUT2D eigenvalue weighted by Crippen LogP contribution is -2.24. The molecule has 0 spiro atoms. The summed E-state index contributed by atoms with van der Waals surface area (Å²) in [5, 5.41) is 13.2. The van der Waals surface area contributed by atoms with E-state index in [2.05, 4.69) is 16.4 Å². The van der Waals surface area contributed by atoms with Crippen molar-refractivity contribution >= 4 is 34.3 Å². The Hall–Kier alpha value is -2.52. The summed E-state index contributed by atoms with van der Waals surface area (Å²) in [5.74, 6) is 0.331. The molecule has 2 aromatic heterocycles. The normalized spacial score (nSPS) is 10.8. The molecule has 116 valence electrons. The Bertz CT molecular complexity index is 939. The molecule has 0 aliphatic heterocycles. The average Bonchev–Trinajstić information content (AvgIpc) is 2.92. The van der Waals surface area contributed by atoms with Gasteiger partial charge < -0.3 is 5.32 Å². The Balaban J connectivity index is 2.17. The molecule has 0 radical (unpaired) electrons. The lowest BCUT2D eigenvalue weighted by atomic mass is 10.2. The standard InChI is InChI=1S/C17H16N4OS/c1-3-19-15(22)10-23-16-8-11(2)12(9-18)17-20-13-6-4-5-7-14(13)21(16)17/h4-8H,3,10H2,1-2H3,(H,19,22). The van der Waals surface area contributed by atoms with Crippen LogP contribution in [0.1, 0.15) is 18.1 Å². The highest BCUT2D eigenvalue weighted by atomic mass is 32.2. The molecule has 0 bridgehead atoms. The zero-order chi connectivity index (χ0) is 16.4. The van der Waals surface area contributed by atoms with Crippen LogP contribution in [0, 0.1) is 18.3 Å². The third-order valence-corrected chi connectivity index (χ3v) is 4.58. The molecule has 0 saturated carbocycles. The minimum atomic E-state index is -0.00270. The van der Waals surface area contributed by atoms with Gasteiger partial charge in [-0.1, -0.05) is 23.9 Å². The van der Waals surface area contributed by atoms with Crippen molar-refractivity contribution in [3.63, 3.8) is 0 Å². The summed E-state index contributed by atoms with van der Waals surface area (Å²) < 4.78 is 1.96.